The van der Waals surface area contributed by atoms with Gasteiger partial charge >= 0.3 is 0 Å². The Bertz CT molecular complexity index is 1350. The monoisotopic (exact) mass is 448 g/mol. The van der Waals surface area contributed by atoms with E-state index in [0.29, 0.717) is 12.4 Å². The van der Waals surface area contributed by atoms with Crippen LogP contribution in [-0.4, -0.2) is 30.5 Å². The van der Waals surface area contributed by atoms with Crippen molar-refractivity contribution >= 4 is 17.2 Å². The lowest BCUT2D eigenvalue weighted by Crippen LogP contribution is -2.33. The van der Waals surface area contributed by atoms with Gasteiger partial charge in [0.1, 0.15) is 11.6 Å². The Morgan fingerprint density at radius 2 is 1.84 bits per heavy atom. The molecule has 32 heavy (non-hydrogen) atoms. The first kappa shape index (κ1) is 21.6. The van der Waals surface area contributed by atoms with Gasteiger partial charge in [-0.1, -0.05) is 24.3 Å². The third kappa shape index (κ3) is 4.52. The molecule has 0 saturated carbocycles. The van der Waals surface area contributed by atoms with Gasteiger partial charge in [-0.3, -0.25) is 9.59 Å². The van der Waals surface area contributed by atoms with E-state index >= 15 is 0 Å². The Kier molecular flexibility index (Phi) is 6.00. The van der Waals surface area contributed by atoms with Gasteiger partial charge in [0.05, 0.1) is 17.9 Å². The van der Waals surface area contributed by atoms with E-state index in [4.69, 9.17) is 0 Å². The lowest BCUT2D eigenvalue weighted by Gasteiger charge is -2.09. The molecular weight excluding hydrogens is 424 g/mol. The van der Waals surface area contributed by atoms with E-state index < -0.39 is 0 Å². The van der Waals surface area contributed by atoms with Gasteiger partial charge < -0.3 is 5.32 Å². The molecule has 0 spiro atoms. The average Bonchev–Trinajstić information content (AvgIpc) is 3.29. The molecule has 0 aliphatic rings. The molecule has 3 heterocycles. The number of nitrogens with zero attached hydrogens (tertiary/aromatic N) is 5. The van der Waals surface area contributed by atoms with Crippen LogP contribution in [0.3, 0.4) is 0 Å². The van der Waals surface area contributed by atoms with Gasteiger partial charge in [-0.25, -0.2) is 14.3 Å². The first-order valence-corrected chi connectivity index (χ1v) is 11.0. The minimum Gasteiger partial charge on any atom is -0.350 e. The predicted octanol–water partition coefficient (Wildman–Crippen LogP) is 3.10. The summed E-state index contributed by atoms with van der Waals surface area (Å²) in [5, 5.41) is 12.5. The second-order valence-corrected chi connectivity index (χ2v) is 8.73. The van der Waals surface area contributed by atoms with Crippen LogP contribution in [-0.2, 0) is 17.9 Å². The lowest BCUT2D eigenvalue weighted by molar-refractivity contribution is -0.122. The molecular formula is C23H24N6O2S. The van der Waals surface area contributed by atoms with Gasteiger partial charge in [0.25, 0.3) is 5.56 Å². The van der Waals surface area contributed by atoms with Crippen molar-refractivity contribution in [3.8, 4) is 16.4 Å². The van der Waals surface area contributed by atoms with Gasteiger partial charge in [-0.15, -0.1) is 16.4 Å². The van der Waals surface area contributed by atoms with Crippen molar-refractivity contribution in [1.29, 1.82) is 0 Å². The molecule has 4 aromatic rings. The molecule has 0 fully saturated rings. The lowest BCUT2D eigenvalue weighted by atomic mass is 10.1. The summed E-state index contributed by atoms with van der Waals surface area (Å²) in [6.07, 6.45) is 0. The number of nitrogens with one attached hydrogen (secondary N) is 1. The molecule has 3 aromatic heterocycles. The quantitative estimate of drug-likeness (QED) is 0.489. The molecule has 0 aliphatic carbocycles. The van der Waals surface area contributed by atoms with E-state index in [2.05, 4.69) is 33.5 Å². The number of thiazole rings is 1. The number of hydrogen-bond acceptors (Lipinski definition) is 6. The zero-order chi connectivity index (χ0) is 22.8. The molecule has 164 valence electrons. The van der Waals surface area contributed by atoms with E-state index in [9.17, 15) is 9.59 Å². The number of carbonyl (C=O) groups excluding carboxylic acids is 1. The summed E-state index contributed by atoms with van der Waals surface area (Å²) in [7, 11) is 0. The Balaban J connectivity index is 1.46. The van der Waals surface area contributed by atoms with Crippen molar-refractivity contribution < 1.29 is 4.79 Å². The fraction of sp³-hybridized carbons (Fsp3) is 0.261. The second-order valence-electron chi connectivity index (χ2n) is 7.65. The largest absolute Gasteiger partial charge is 0.350 e. The Morgan fingerprint density at radius 1 is 1.06 bits per heavy atom. The third-order valence-electron chi connectivity index (χ3n) is 5.09. The summed E-state index contributed by atoms with van der Waals surface area (Å²) < 4.78 is 2.80. The standard InChI is InChI=1S/C23H24N6O2S/c1-14-7-5-6-8-18(14)23-25-17(4)19(32-23)12-24-21(30)13-28-22(31)10-9-20(27-28)29-16(3)11-15(2)26-29/h5-11H,12-13H2,1-4H3,(H,24,30). The molecule has 8 nitrogen and oxygen atoms in total. The summed E-state index contributed by atoms with van der Waals surface area (Å²) in [6, 6.07) is 13.0. The summed E-state index contributed by atoms with van der Waals surface area (Å²) in [6.45, 7) is 7.96. The number of aryl methyl sites for hydroxylation is 4. The van der Waals surface area contributed by atoms with Crippen LogP contribution in [0, 0.1) is 27.7 Å². The van der Waals surface area contributed by atoms with Crippen LogP contribution >= 0.6 is 11.3 Å². The normalized spacial score (nSPS) is 11.0. The van der Waals surface area contributed by atoms with Crippen LogP contribution < -0.4 is 10.9 Å². The molecule has 1 N–H and O–H groups in total. The maximum absolute atomic E-state index is 12.6. The summed E-state index contributed by atoms with van der Waals surface area (Å²) in [5.74, 6) is 0.194. The zero-order valence-corrected chi connectivity index (χ0v) is 19.2. The van der Waals surface area contributed by atoms with Gasteiger partial charge in [0.15, 0.2) is 5.82 Å². The van der Waals surface area contributed by atoms with E-state index in [0.717, 1.165) is 42.8 Å². The first-order chi connectivity index (χ1) is 15.3. The Labute approximate surface area is 189 Å². The van der Waals surface area contributed by atoms with E-state index in [1.807, 2.05) is 45.0 Å². The topological polar surface area (TPSA) is 94.7 Å². The van der Waals surface area contributed by atoms with E-state index in [1.165, 1.54) is 6.07 Å². The molecule has 0 atom stereocenters. The molecule has 0 aliphatic heterocycles. The van der Waals surface area contributed by atoms with E-state index in [-0.39, 0.29) is 18.0 Å². The van der Waals surface area contributed by atoms with E-state index in [1.54, 1.807) is 22.1 Å². The van der Waals surface area contributed by atoms with Crippen molar-refractivity contribution in [2.45, 2.75) is 40.8 Å². The van der Waals surface area contributed by atoms with Crippen molar-refractivity contribution in [1.82, 2.24) is 29.9 Å². The molecule has 1 amide bonds. The maximum atomic E-state index is 12.6. The molecule has 0 unspecified atom stereocenters. The van der Waals surface area contributed by atoms with Crippen LogP contribution in [0.1, 0.15) is 27.5 Å². The fourth-order valence-corrected chi connectivity index (χ4v) is 4.51. The van der Waals surface area contributed by atoms with Crippen LogP contribution in [0.15, 0.2) is 47.3 Å². The van der Waals surface area contributed by atoms with Crippen molar-refractivity contribution in [3.63, 3.8) is 0 Å². The highest BCUT2D eigenvalue weighted by Crippen LogP contribution is 2.29. The van der Waals surface area contributed by atoms with Crippen LogP contribution in [0.4, 0.5) is 0 Å². The molecule has 4 rings (SSSR count). The smallest absolute Gasteiger partial charge is 0.267 e. The molecule has 0 bridgehead atoms. The highest BCUT2D eigenvalue weighted by atomic mass is 32.1. The summed E-state index contributed by atoms with van der Waals surface area (Å²) in [4.78, 5) is 30.4. The maximum Gasteiger partial charge on any atom is 0.267 e. The van der Waals surface area contributed by atoms with Crippen LogP contribution in [0.25, 0.3) is 16.4 Å². The molecule has 1 aromatic carbocycles. The number of rotatable bonds is 6. The Hall–Kier alpha value is -3.59. The molecule has 0 radical (unpaired) electrons. The number of carbonyl (C=O) groups is 1. The first-order valence-electron chi connectivity index (χ1n) is 10.2. The third-order valence-corrected chi connectivity index (χ3v) is 6.28. The number of hydrogen-bond donors (Lipinski definition) is 1. The van der Waals surface area contributed by atoms with Gasteiger partial charge in [-0.2, -0.15) is 5.10 Å². The van der Waals surface area contributed by atoms with Gasteiger partial charge in [-0.05, 0) is 45.4 Å². The molecule has 9 heteroatoms. The van der Waals surface area contributed by atoms with Crippen molar-refractivity contribution in [2.24, 2.45) is 0 Å². The van der Waals surface area contributed by atoms with Crippen LogP contribution in [0.5, 0.6) is 0 Å². The number of benzene rings is 1. The van der Waals surface area contributed by atoms with Crippen molar-refractivity contribution in [3.05, 3.63) is 80.3 Å². The summed E-state index contributed by atoms with van der Waals surface area (Å²) >= 11 is 1.56. The fourth-order valence-electron chi connectivity index (χ4n) is 3.42. The van der Waals surface area contributed by atoms with Crippen LogP contribution in [0.2, 0.25) is 0 Å². The predicted molar refractivity (Wildman–Crippen MR) is 124 cm³/mol. The minimum absolute atomic E-state index is 0.172. The highest BCUT2D eigenvalue weighted by Gasteiger charge is 2.14. The van der Waals surface area contributed by atoms with Gasteiger partial charge in [0, 0.05) is 22.2 Å². The number of aromatic nitrogens is 5. The zero-order valence-electron chi connectivity index (χ0n) is 18.4. The Morgan fingerprint density at radius 3 is 2.56 bits per heavy atom. The van der Waals surface area contributed by atoms with Crippen molar-refractivity contribution in [2.75, 3.05) is 0 Å². The minimum atomic E-state index is -0.346. The average molecular weight is 449 g/mol. The molecule has 0 saturated heterocycles. The highest BCUT2D eigenvalue weighted by molar-refractivity contribution is 7.15. The SMILES string of the molecule is Cc1cc(C)n(-c2ccc(=O)n(CC(=O)NCc3sc(-c4ccccc4C)nc3C)n2)n1. The summed E-state index contributed by atoms with van der Waals surface area (Å²) in [5.41, 5.74) is 4.54. The number of amides is 1. The van der Waals surface area contributed by atoms with Gasteiger partial charge in [0.2, 0.25) is 5.91 Å². The second kappa shape index (κ2) is 8.88.